The van der Waals surface area contributed by atoms with Crippen molar-refractivity contribution in [2.24, 2.45) is 0 Å². The molecule has 27 heavy (non-hydrogen) atoms. The number of likely N-dealkylation sites (tertiary alicyclic amines) is 1. The van der Waals surface area contributed by atoms with Crippen LogP contribution in [-0.2, 0) is 0 Å². The Morgan fingerprint density at radius 3 is 2.67 bits per heavy atom. The van der Waals surface area contributed by atoms with Crippen molar-refractivity contribution < 1.29 is 9.90 Å². The van der Waals surface area contributed by atoms with Crippen molar-refractivity contribution in [2.75, 3.05) is 13.1 Å². The van der Waals surface area contributed by atoms with E-state index in [9.17, 15) is 9.90 Å². The molecule has 2 aromatic carbocycles. The van der Waals surface area contributed by atoms with Gasteiger partial charge in [-0.2, -0.15) is 5.26 Å². The minimum absolute atomic E-state index is 0.0118. The number of carbonyl (C=O) groups excluding carboxylic acids is 1. The van der Waals surface area contributed by atoms with Crippen LogP contribution in [0.3, 0.4) is 0 Å². The van der Waals surface area contributed by atoms with Gasteiger partial charge in [-0.15, -0.1) is 0 Å². The van der Waals surface area contributed by atoms with Crippen LogP contribution in [0.2, 0.25) is 0 Å². The van der Waals surface area contributed by atoms with Crippen LogP contribution in [-0.4, -0.2) is 40.1 Å². The summed E-state index contributed by atoms with van der Waals surface area (Å²) in [4.78, 5) is 18.3. The first-order valence-electron chi connectivity index (χ1n) is 8.98. The van der Waals surface area contributed by atoms with E-state index in [1.54, 1.807) is 11.0 Å². The van der Waals surface area contributed by atoms with Crippen molar-refractivity contribution in [3.8, 4) is 6.07 Å². The lowest BCUT2D eigenvalue weighted by Gasteiger charge is -2.36. The molecule has 3 aromatic rings. The van der Waals surface area contributed by atoms with Gasteiger partial charge in [-0.25, -0.2) is 4.98 Å². The van der Waals surface area contributed by atoms with Gasteiger partial charge in [0.05, 0.1) is 11.7 Å². The van der Waals surface area contributed by atoms with E-state index in [0.717, 1.165) is 10.9 Å². The summed E-state index contributed by atoms with van der Waals surface area (Å²) in [5.74, 6) is -0.152. The van der Waals surface area contributed by atoms with Gasteiger partial charge in [0.1, 0.15) is 11.8 Å². The second kappa shape index (κ2) is 7.18. The molecule has 0 unspecified atom stereocenters. The van der Waals surface area contributed by atoms with Gasteiger partial charge in [-0.3, -0.25) is 4.79 Å². The Hall–Kier alpha value is -3.23. The minimum Gasteiger partial charge on any atom is -0.391 e. The fraction of sp³-hybridized carbons (Fsp3) is 0.227. The predicted octanol–water partition coefficient (Wildman–Crippen LogP) is 3.10. The van der Waals surface area contributed by atoms with Gasteiger partial charge in [0, 0.05) is 25.2 Å². The molecule has 2 heterocycles. The zero-order valence-corrected chi connectivity index (χ0v) is 14.7. The lowest BCUT2D eigenvalue weighted by Crippen LogP contribution is -2.45. The van der Waals surface area contributed by atoms with E-state index < -0.39 is 6.10 Å². The predicted molar refractivity (Wildman–Crippen MR) is 102 cm³/mol. The van der Waals surface area contributed by atoms with Crippen LogP contribution in [0.25, 0.3) is 10.8 Å². The average Bonchev–Trinajstić information content (AvgIpc) is 2.73. The molecule has 1 N–H and O–H groups in total. The SMILES string of the molecule is N#Cc1ccc(C(=O)N2CC[C@@H](c3ccc4ccccc4c3)[C@H](O)C2)cn1. The molecule has 0 bridgehead atoms. The number of aliphatic hydroxyl groups is 1. The Bertz CT molecular complexity index is 1020. The highest BCUT2D eigenvalue weighted by Crippen LogP contribution is 2.31. The van der Waals surface area contributed by atoms with E-state index in [2.05, 4.69) is 35.3 Å². The molecular formula is C22H19N3O2. The summed E-state index contributed by atoms with van der Waals surface area (Å²) >= 11 is 0. The number of benzene rings is 2. The molecule has 1 aromatic heterocycles. The molecule has 134 valence electrons. The molecule has 0 aliphatic carbocycles. The molecule has 1 amide bonds. The molecule has 2 atom stereocenters. The Balaban J connectivity index is 1.49. The summed E-state index contributed by atoms with van der Waals surface area (Å²) in [6.07, 6.45) is 1.51. The molecule has 5 heteroatoms. The second-order valence-corrected chi connectivity index (χ2v) is 6.86. The van der Waals surface area contributed by atoms with E-state index in [4.69, 9.17) is 5.26 Å². The van der Waals surface area contributed by atoms with Crippen LogP contribution in [0.4, 0.5) is 0 Å². The van der Waals surface area contributed by atoms with Crippen LogP contribution in [0, 0.1) is 11.3 Å². The first kappa shape index (κ1) is 17.2. The van der Waals surface area contributed by atoms with Gasteiger partial charge in [-0.1, -0.05) is 42.5 Å². The fourth-order valence-corrected chi connectivity index (χ4v) is 3.71. The number of pyridine rings is 1. The smallest absolute Gasteiger partial charge is 0.255 e. The number of carbonyl (C=O) groups is 1. The maximum absolute atomic E-state index is 12.7. The van der Waals surface area contributed by atoms with Crippen molar-refractivity contribution in [3.05, 3.63) is 77.6 Å². The monoisotopic (exact) mass is 357 g/mol. The summed E-state index contributed by atoms with van der Waals surface area (Å²) in [5.41, 5.74) is 1.82. The maximum atomic E-state index is 12.7. The van der Waals surface area contributed by atoms with Gasteiger partial charge < -0.3 is 10.0 Å². The number of rotatable bonds is 2. The Morgan fingerprint density at radius 1 is 1.15 bits per heavy atom. The fourth-order valence-electron chi connectivity index (χ4n) is 3.71. The van der Waals surface area contributed by atoms with Gasteiger partial charge >= 0.3 is 0 Å². The van der Waals surface area contributed by atoms with E-state index in [1.807, 2.05) is 18.2 Å². The number of amides is 1. The lowest BCUT2D eigenvalue weighted by molar-refractivity contribution is 0.0382. The number of hydrogen-bond acceptors (Lipinski definition) is 4. The summed E-state index contributed by atoms with van der Waals surface area (Å²) in [6, 6.07) is 19.5. The number of aromatic nitrogens is 1. The van der Waals surface area contributed by atoms with Crippen molar-refractivity contribution >= 4 is 16.7 Å². The molecule has 0 spiro atoms. The molecule has 1 aliphatic heterocycles. The average molecular weight is 357 g/mol. The standard InChI is InChI=1S/C22H19N3O2/c23-12-19-8-7-18(13-24-19)22(27)25-10-9-20(21(26)14-25)17-6-5-15-3-1-2-4-16(15)11-17/h1-8,11,13,20-21,26H,9-10,14H2/t20-,21+/m0/s1. The minimum atomic E-state index is -0.616. The molecular weight excluding hydrogens is 338 g/mol. The third-order valence-corrected chi connectivity index (χ3v) is 5.20. The second-order valence-electron chi connectivity index (χ2n) is 6.86. The molecule has 1 saturated heterocycles. The van der Waals surface area contributed by atoms with E-state index in [-0.39, 0.29) is 24.1 Å². The lowest BCUT2D eigenvalue weighted by atomic mass is 9.86. The maximum Gasteiger partial charge on any atom is 0.255 e. The first-order valence-corrected chi connectivity index (χ1v) is 8.98. The Kier molecular flexibility index (Phi) is 4.57. The highest BCUT2D eigenvalue weighted by atomic mass is 16.3. The highest BCUT2D eigenvalue weighted by molar-refractivity contribution is 5.94. The number of aliphatic hydroxyl groups excluding tert-OH is 1. The molecule has 1 fully saturated rings. The number of fused-ring (bicyclic) bond motifs is 1. The summed E-state index contributed by atoms with van der Waals surface area (Å²) < 4.78 is 0. The number of hydrogen-bond donors (Lipinski definition) is 1. The van der Waals surface area contributed by atoms with Crippen LogP contribution >= 0.6 is 0 Å². The number of nitrogens with zero attached hydrogens (tertiary/aromatic N) is 3. The molecule has 4 rings (SSSR count). The molecule has 1 aliphatic rings. The zero-order valence-electron chi connectivity index (χ0n) is 14.7. The number of β-amino-alcohol motifs (C(OH)–C–C–N with tert-alkyl or cyclic N) is 1. The van der Waals surface area contributed by atoms with Gasteiger partial charge in [-0.05, 0) is 34.9 Å². The third kappa shape index (κ3) is 3.40. The third-order valence-electron chi connectivity index (χ3n) is 5.20. The molecule has 5 nitrogen and oxygen atoms in total. The van der Waals surface area contributed by atoms with E-state index in [0.29, 0.717) is 18.5 Å². The van der Waals surface area contributed by atoms with Crippen LogP contribution in [0.5, 0.6) is 0 Å². The summed E-state index contributed by atoms with van der Waals surface area (Å²) in [7, 11) is 0. The zero-order chi connectivity index (χ0) is 18.8. The first-order chi connectivity index (χ1) is 13.2. The van der Waals surface area contributed by atoms with Gasteiger partial charge in [0.25, 0.3) is 5.91 Å². The molecule has 0 radical (unpaired) electrons. The van der Waals surface area contributed by atoms with E-state index >= 15 is 0 Å². The topological polar surface area (TPSA) is 77.2 Å². The largest absolute Gasteiger partial charge is 0.391 e. The molecule has 0 saturated carbocycles. The van der Waals surface area contributed by atoms with Crippen LogP contribution in [0.15, 0.2) is 60.8 Å². The normalized spacial score (nSPS) is 19.6. The van der Waals surface area contributed by atoms with Crippen molar-refractivity contribution in [3.63, 3.8) is 0 Å². The van der Waals surface area contributed by atoms with Crippen LogP contribution < -0.4 is 0 Å². The Morgan fingerprint density at radius 2 is 1.96 bits per heavy atom. The Labute approximate surface area is 157 Å². The van der Waals surface area contributed by atoms with Crippen molar-refractivity contribution in [1.82, 2.24) is 9.88 Å². The highest BCUT2D eigenvalue weighted by Gasteiger charge is 2.31. The number of nitriles is 1. The van der Waals surface area contributed by atoms with Crippen molar-refractivity contribution in [2.45, 2.75) is 18.4 Å². The van der Waals surface area contributed by atoms with Crippen LogP contribution in [0.1, 0.15) is 34.0 Å². The van der Waals surface area contributed by atoms with Gasteiger partial charge in [0.2, 0.25) is 0 Å². The number of piperidine rings is 1. The van der Waals surface area contributed by atoms with Crippen molar-refractivity contribution in [1.29, 1.82) is 5.26 Å². The summed E-state index contributed by atoms with van der Waals surface area (Å²) in [5, 5.41) is 21.8. The quantitative estimate of drug-likeness (QED) is 0.764. The van der Waals surface area contributed by atoms with Gasteiger partial charge in [0.15, 0.2) is 0 Å². The summed E-state index contributed by atoms with van der Waals surface area (Å²) in [6.45, 7) is 0.865. The van der Waals surface area contributed by atoms with E-state index in [1.165, 1.54) is 17.6 Å².